The van der Waals surface area contributed by atoms with Crippen LogP contribution < -0.4 is 14.2 Å². The van der Waals surface area contributed by atoms with Gasteiger partial charge in [0, 0.05) is 0 Å². The molecule has 0 bridgehead atoms. The number of oxime groups is 1. The van der Waals surface area contributed by atoms with Crippen molar-refractivity contribution in [3.05, 3.63) is 65.2 Å². The van der Waals surface area contributed by atoms with Crippen molar-refractivity contribution in [1.29, 1.82) is 0 Å². The first-order valence-corrected chi connectivity index (χ1v) is 12.3. The Bertz CT molecular complexity index is 880. The molecule has 2 aromatic rings. The summed E-state index contributed by atoms with van der Waals surface area (Å²) in [6.45, 7) is 10.2. The molecule has 0 radical (unpaired) electrons. The second-order valence-corrected chi connectivity index (χ2v) is 8.47. The molecule has 0 unspecified atom stereocenters. The van der Waals surface area contributed by atoms with E-state index in [1.54, 1.807) is 7.11 Å². The van der Waals surface area contributed by atoms with Gasteiger partial charge >= 0.3 is 0 Å². The molecule has 0 aromatic heterocycles. The van der Waals surface area contributed by atoms with Crippen LogP contribution in [0, 0.1) is 13.8 Å². The van der Waals surface area contributed by atoms with Gasteiger partial charge in [0.05, 0.1) is 18.9 Å². The van der Waals surface area contributed by atoms with Gasteiger partial charge in [0.2, 0.25) is 0 Å². The lowest BCUT2D eigenvalue weighted by Crippen LogP contribution is -2.02. The fraction of sp³-hybridized carbons (Fsp3) is 0.483. The molecule has 0 saturated carbocycles. The maximum atomic E-state index is 6.08. The Morgan fingerprint density at radius 1 is 0.794 bits per heavy atom. The lowest BCUT2D eigenvalue weighted by atomic mass is 10.1. The van der Waals surface area contributed by atoms with Crippen LogP contribution in [-0.4, -0.2) is 32.6 Å². The highest BCUT2D eigenvalue weighted by Gasteiger charge is 2.07. The quantitative estimate of drug-likeness (QED) is 0.111. The fourth-order valence-electron chi connectivity index (χ4n) is 3.72. The average Bonchev–Trinajstić information content (AvgIpc) is 2.82. The Labute approximate surface area is 205 Å². The first kappa shape index (κ1) is 27.3. The van der Waals surface area contributed by atoms with Crippen LogP contribution >= 0.6 is 0 Å². The molecule has 0 amide bonds. The van der Waals surface area contributed by atoms with Gasteiger partial charge in [0.25, 0.3) is 0 Å². The average molecular weight is 468 g/mol. The van der Waals surface area contributed by atoms with Crippen molar-refractivity contribution in [2.45, 2.75) is 66.2 Å². The van der Waals surface area contributed by atoms with Gasteiger partial charge < -0.3 is 19.0 Å². The van der Waals surface area contributed by atoms with E-state index >= 15 is 0 Å². The molecule has 186 valence electrons. The predicted molar refractivity (Wildman–Crippen MR) is 141 cm³/mol. The van der Waals surface area contributed by atoms with Crippen molar-refractivity contribution in [2.24, 2.45) is 5.16 Å². The molecule has 0 aliphatic carbocycles. The largest absolute Gasteiger partial charge is 0.494 e. The number of aryl methyl sites for hydroxylation is 2. The van der Waals surface area contributed by atoms with E-state index in [0.717, 1.165) is 65.7 Å². The molecule has 0 aliphatic rings. The summed E-state index contributed by atoms with van der Waals surface area (Å²) in [5, 5.41) is 3.95. The molecule has 0 spiro atoms. The summed E-state index contributed by atoms with van der Waals surface area (Å²) in [6, 6.07) is 12.1. The van der Waals surface area contributed by atoms with Gasteiger partial charge in [-0.05, 0) is 93.6 Å². The van der Waals surface area contributed by atoms with Crippen LogP contribution in [-0.2, 0) is 4.84 Å². The second-order valence-electron chi connectivity index (χ2n) is 8.47. The lowest BCUT2D eigenvalue weighted by molar-refractivity contribution is 0.213. The van der Waals surface area contributed by atoms with Crippen LogP contribution in [0.25, 0.3) is 0 Å². The van der Waals surface area contributed by atoms with E-state index in [1.807, 2.05) is 50.3 Å². The van der Waals surface area contributed by atoms with Crippen molar-refractivity contribution in [3.8, 4) is 17.2 Å². The monoisotopic (exact) mass is 467 g/mol. The highest BCUT2D eigenvalue weighted by Crippen LogP contribution is 2.28. The summed E-state index contributed by atoms with van der Waals surface area (Å²) in [6.07, 6.45) is 11.0. The number of benzene rings is 2. The van der Waals surface area contributed by atoms with Gasteiger partial charge in [-0.3, -0.25) is 0 Å². The van der Waals surface area contributed by atoms with Crippen LogP contribution in [0.5, 0.6) is 17.2 Å². The Balaban J connectivity index is 1.54. The maximum absolute atomic E-state index is 6.08. The third-order valence-corrected chi connectivity index (χ3v) is 5.57. The molecule has 2 rings (SSSR count). The first-order chi connectivity index (χ1) is 16.5. The molecule has 0 saturated heterocycles. The van der Waals surface area contributed by atoms with Crippen molar-refractivity contribution < 1.29 is 19.0 Å². The molecule has 0 aliphatic heterocycles. The zero-order valence-corrected chi connectivity index (χ0v) is 21.6. The van der Waals surface area contributed by atoms with Crippen LogP contribution in [0.3, 0.4) is 0 Å². The van der Waals surface area contributed by atoms with Gasteiger partial charge in [-0.25, -0.2) is 0 Å². The van der Waals surface area contributed by atoms with Crippen molar-refractivity contribution in [1.82, 2.24) is 0 Å². The Hall–Kier alpha value is -2.95. The minimum atomic E-state index is 0.597. The van der Waals surface area contributed by atoms with Crippen molar-refractivity contribution in [2.75, 3.05) is 26.9 Å². The van der Waals surface area contributed by atoms with Crippen LogP contribution in [0.15, 0.2) is 53.7 Å². The van der Waals surface area contributed by atoms with Gasteiger partial charge in [0.1, 0.15) is 31.0 Å². The number of hydrogen-bond acceptors (Lipinski definition) is 5. The first-order valence-electron chi connectivity index (χ1n) is 12.3. The molecule has 0 atom stereocenters. The Morgan fingerprint density at radius 2 is 1.38 bits per heavy atom. The summed E-state index contributed by atoms with van der Waals surface area (Å²) < 4.78 is 17.7. The van der Waals surface area contributed by atoms with Crippen molar-refractivity contribution >= 4 is 5.71 Å². The third kappa shape index (κ3) is 9.90. The highest BCUT2D eigenvalue weighted by atomic mass is 16.6. The van der Waals surface area contributed by atoms with E-state index in [2.05, 4.69) is 31.1 Å². The molecular weight excluding hydrogens is 426 g/mol. The van der Waals surface area contributed by atoms with Gasteiger partial charge in [-0.2, -0.15) is 0 Å². The molecule has 5 nitrogen and oxygen atoms in total. The van der Waals surface area contributed by atoms with Gasteiger partial charge in [-0.15, -0.1) is 0 Å². The van der Waals surface area contributed by atoms with E-state index in [1.165, 1.54) is 25.7 Å². The molecule has 0 N–H and O–H groups in total. The van der Waals surface area contributed by atoms with Gasteiger partial charge in [0.15, 0.2) is 0 Å². The summed E-state index contributed by atoms with van der Waals surface area (Å²) in [5.74, 6) is 2.78. The minimum Gasteiger partial charge on any atom is -0.494 e. The molecule has 0 heterocycles. The molecule has 2 aromatic carbocycles. The van der Waals surface area contributed by atoms with Crippen LogP contribution in [0.4, 0.5) is 0 Å². The molecule has 34 heavy (non-hydrogen) atoms. The fourth-order valence-corrected chi connectivity index (χ4v) is 3.72. The topological polar surface area (TPSA) is 49.3 Å². The summed E-state index contributed by atoms with van der Waals surface area (Å²) in [7, 11) is 1.56. The Morgan fingerprint density at radius 3 is 1.97 bits per heavy atom. The number of hydrogen-bond donors (Lipinski definition) is 0. The predicted octanol–water partition coefficient (Wildman–Crippen LogP) is 7.43. The summed E-state index contributed by atoms with van der Waals surface area (Å²) in [5.41, 5.74) is 4.15. The second kappa shape index (κ2) is 15.8. The van der Waals surface area contributed by atoms with E-state index in [-0.39, 0.29) is 0 Å². The summed E-state index contributed by atoms with van der Waals surface area (Å²) >= 11 is 0. The standard InChI is InChI=1S/C29H41NO4/c1-6-7-18-33-28-21-23(2)29(24(3)22-28)34-20-13-11-9-8-10-12-19-32-27-16-14-26(15-17-27)25(4)30-31-5/h6-7,14-17,21-22H,8-13,18-20H2,1-5H3/b7-6+,30-25+. The third-order valence-electron chi connectivity index (χ3n) is 5.57. The highest BCUT2D eigenvalue weighted by molar-refractivity contribution is 5.98. The maximum Gasteiger partial charge on any atom is 0.125 e. The molecule has 5 heteroatoms. The minimum absolute atomic E-state index is 0.597. The van der Waals surface area contributed by atoms with E-state index < -0.39 is 0 Å². The number of unbranched alkanes of at least 4 members (excludes halogenated alkanes) is 5. The molecular formula is C29H41NO4. The number of rotatable bonds is 16. The number of nitrogens with zero attached hydrogens (tertiary/aromatic N) is 1. The van der Waals surface area contributed by atoms with E-state index in [0.29, 0.717) is 6.61 Å². The summed E-state index contributed by atoms with van der Waals surface area (Å²) in [4.78, 5) is 4.81. The zero-order valence-electron chi connectivity index (χ0n) is 21.6. The van der Waals surface area contributed by atoms with Crippen LogP contribution in [0.2, 0.25) is 0 Å². The van der Waals surface area contributed by atoms with Gasteiger partial charge in [-0.1, -0.05) is 43.0 Å². The smallest absolute Gasteiger partial charge is 0.125 e. The Kier molecular flexibility index (Phi) is 12.7. The molecule has 0 fully saturated rings. The van der Waals surface area contributed by atoms with Crippen molar-refractivity contribution in [3.63, 3.8) is 0 Å². The van der Waals surface area contributed by atoms with E-state index in [9.17, 15) is 0 Å². The lowest BCUT2D eigenvalue weighted by Gasteiger charge is -2.14. The number of allylic oxidation sites excluding steroid dienone is 1. The van der Waals surface area contributed by atoms with E-state index in [4.69, 9.17) is 19.0 Å². The normalized spacial score (nSPS) is 11.6. The number of ether oxygens (including phenoxy) is 3. The SMILES string of the molecule is C/C=C/COc1cc(C)c(OCCCCCCCCOc2ccc(/C(C)=N/OC)cc2)c(C)c1. The van der Waals surface area contributed by atoms with Crippen LogP contribution in [0.1, 0.15) is 69.1 Å². The zero-order chi connectivity index (χ0) is 24.6.